The van der Waals surface area contributed by atoms with E-state index >= 15 is 0 Å². The number of hydrogen-bond acceptors (Lipinski definition) is 4. The quantitative estimate of drug-likeness (QED) is 0.836. The van der Waals surface area contributed by atoms with Crippen molar-refractivity contribution in [2.45, 2.75) is 25.6 Å². The Balaban J connectivity index is 2.80. The third-order valence-corrected chi connectivity index (χ3v) is 3.71. The maximum Gasteiger partial charge on any atom is 0.407 e. The van der Waals surface area contributed by atoms with Gasteiger partial charge in [-0.2, -0.15) is 0 Å². The van der Waals surface area contributed by atoms with Crippen LogP contribution >= 0.6 is 0 Å². The smallest absolute Gasteiger partial charge is 0.407 e. The van der Waals surface area contributed by atoms with Crippen LogP contribution in [0, 0.1) is 5.92 Å². The number of rotatable bonds is 6. The Morgan fingerprint density at radius 1 is 1.32 bits per heavy atom. The second kappa shape index (κ2) is 8.53. The normalized spacial score (nSPS) is 13.3. The summed E-state index contributed by atoms with van der Waals surface area (Å²) in [6.45, 7) is 3.66. The van der Waals surface area contributed by atoms with Crippen LogP contribution < -0.4 is 10.6 Å². The molecule has 1 aromatic rings. The molecule has 0 saturated heterocycles. The van der Waals surface area contributed by atoms with Crippen LogP contribution in [0.5, 0.6) is 0 Å². The predicted molar refractivity (Wildman–Crippen MR) is 87.0 cm³/mol. The molecule has 0 radical (unpaired) electrons. The van der Waals surface area contributed by atoms with E-state index in [9.17, 15) is 13.8 Å². The van der Waals surface area contributed by atoms with Crippen molar-refractivity contribution in [1.29, 1.82) is 0 Å². The number of alkyl carbamates (subject to hydrolysis) is 1. The highest BCUT2D eigenvalue weighted by Crippen LogP contribution is 2.14. The lowest BCUT2D eigenvalue weighted by Gasteiger charge is -2.21. The monoisotopic (exact) mass is 326 g/mol. The lowest BCUT2D eigenvalue weighted by molar-refractivity contribution is -0.119. The van der Waals surface area contributed by atoms with Gasteiger partial charge in [-0.1, -0.05) is 26.0 Å². The van der Waals surface area contributed by atoms with Gasteiger partial charge in [0, 0.05) is 28.5 Å². The summed E-state index contributed by atoms with van der Waals surface area (Å²) in [5.74, 6) is 0.0122. The zero-order valence-electron chi connectivity index (χ0n) is 13.2. The number of amides is 2. The number of hydrogen-bond donors (Lipinski definition) is 2. The molecule has 7 heteroatoms. The van der Waals surface area contributed by atoms with Crippen LogP contribution in [0.25, 0.3) is 0 Å². The molecule has 0 saturated carbocycles. The molecule has 122 valence electrons. The summed E-state index contributed by atoms with van der Waals surface area (Å²) in [5, 5.41) is 5.27. The van der Waals surface area contributed by atoms with Gasteiger partial charge in [0.15, 0.2) is 0 Å². The summed E-state index contributed by atoms with van der Waals surface area (Å²) in [5.41, 5.74) is 1.48. The summed E-state index contributed by atoms with van der Waals surface area (Å²) in [4.78, 5) is 23.6. The molecule has 22 heavy (non-hydrogen) atoms. The first-order valence-electron chi connectivity index (χ1n) is 6.87. The van der Waals surface area contributed by atoms with Crippen molar-refractivity contribution < 1.29 is 18.5 Å². The van der Waals surface area contributed by atoms with Crippen molar-refractivity contribution in [2.75, 3.05) is 18.7 Å². The van der Waals surface area contributed by atoms with E-state index in [1.54, 1.807) is 24.5 Å². The number of ether oxygens (including phenoxy) is 1. The Labute approximate surface area is 133 Å². The number of nitrogens with one attached hydrogen (secondary N) is 2. The van der Waals surface area contributed by atoms with Crippen LogP contribution in [0.2, 0.25) is 0 Å². The van der Waals surface area contributed by atoms with E-state index in [0.717, 1.165) is 5.56 Å². The fourth-order valence-electron chi connectivity index (χ4n) is 1.91. The van der Waals surface area contributed by atoms with Gasteiger partial charge in [0.1, 0.15) is 6.04 Å². The molecule has 2 atom stereocenters. The Hall–Kier alpha value is -1.89. The summed E-state index contributed by atoms with van der Waals surface area (Å²) in [6.07, 6.45) is 0.976. The van der Waals surface area contributed by atoms with Gasteiger partial charge >= 0.3 is 6.09 Å². The molecule has 0 aromatic heterocycles. The Morgan fingerprint density at radius 3 is 2.55 bits per heavy atom. The third-order valence-electron chi connectivity index (χ3n) is 2.97. The molecule has 0 spiro atoms. The molecule has 0 fully saturated rings. The van der Waals surface area contributed by atoms with Crippen LogP contribution in [-0.4, -0.2) is 35.6 Å². The van der Waals surface area contributed by atoms with Gasteiger partial charge in [0.2, 0.25) is 5.91 Å². The number of carbonyl (C=O) groups excluding carboxylic acids is 2. The van der Waals surface area contributed by atoms with Gasteiger partial charge in [-0.15, -0.1) is 0 Å². The average Bonchev–Trinajstić information content (AvgIpc) is 2.43. The van der Waals surface area contributed by atoms with Crippen molar-refractivity contribution in [1.82, 2.24) is 5.32 Å². The van der Waals surface area contributed by atoms with Crippen LogP contribution in [0.15, 0.2) is 24.3 Å². The second-order valence-electron chi connectivity index (χ2n) is 5.26. The molecule has 0 bridgehead atoms. The molecular weight excluding hydrogens is 304 g/mol. The fourth-order valence-corrected chi connectivity index (χ4v) is 2.56. The van der Waals surface area contributed by atoms with Gasteiger partial charge < -0.3 is 15.4 Å². The minimum absolute atomic E-state index is 0.0922. The second-order valence-corrected chi connectivity index (χ2v) is 6.70. The van der Waals surface area contributed by atoms with E-state index in [1.807, 2.05) is 19.9 Å². The highest BCUT2D eigenvalue weighted by molar-refractivity contribution is 7.83. The van der Waals surface area contributed by atoms with Crippen LogP contribution in [0.3, 0.4) is 0 Å². The Kier molecular flexibility index (Phi) is 7.04. The van der Waals surface area contributed by atoms with E-state index in [2.05, 4.69) is 15.4 Å². The minimum atomic E-state index is -0.949. The highest BCUT2D eigenvalue weighted by Gasteiger charge is 2.24. The topological polar surface area (TPSA) is 84.5 Å². The maximum atomic E-state index is 12.3. The zero-order valence-corrected chi connectivity index (χ0v) is 14.0. The molecule has 1 aromatic carbocycles. The van der Waals surface area contributed by atoms with Gasteiger partial charge in [0.25, 0.3) is 0 Å². The van der Waals surface area contributed by atoms with Gasteiger partial charge in [0.05, 0.1) is 7.11 Å². The van der Waals surface area contributed by atoms with E-state index in [-0.39, 0.29) is 11.8 Å². The SMILES string of the molecule is COC(=O)NC(C(=O)Nc1cccc(CS(C)=O)c1)C(C)C. The molecule has 2 N–H and O–H groups in total. The lowest BCUT2D eigenvalue weighted by atomic mass is 10.0. The standard InChI is InChI=1S/C15H22N2O4S/c1-10(2)13(17-15(19)21-3)14(18)16-12-7-5-6-11(8-12)9-22(4)20/h5-8,10,13H,9H2,1-4H3,(H,16,18)(H,17,19). The summed E-state index contributed by atoms with van der Waals surface area (Å²) in [7, 11) is 0.300. The largest absolute Gasteiger partial charge is 0.453 e. The van der Waals surface area contributed by atoms with E-state index < -0.39 is 22.9 Å². The molecule has 0 aliphatic carbocycles. The molecule has 6 nitrogen and oxygen atoms in total. The van der Waals surface area contributed by atoms with Crippen LogP contribution in [0.4, 0.5) is 10.5 Å². The molecule has 0 aliphatic rings. The van der Waals surface area contributed by atoms with E-state index in [1.165, 1.54) is 7.11 Å². The van der Waals surface area contributed by atoms with Gasteiger partial charge in [-0.05, 0) is 23.6 Å². The summed E-state index contributed by atoms with van der Waals surface area (Å²) < 4.78 is 15.8. The molecule has 2 amide bonds. The summed E-state index contributed by atoms with van der Waals surface area (Å²) in [6, 6.07) is 6.46. The van der Waals surface area contributed by atoms with Gasteiger partial charge in [-0.3, -0.25) is 9.00 Å². The molecule has 0 aliphatic heterocycles. The minimum Gasteiger partial charge on any atom is -0.453 e. The van der Waals surface area contributed by atoms with Gasteiger partial charge in [-0.25, -0.2) is 4.79 Å². The highest BCUT2D eigenvalue weighted by atomic mass is 32.2. The van der Waals surface area contributed by atoms with E-state index in [4.69, 9.17) is 0 Å². The summed E-state index contributed by atoms with van der Waals surface area (Å²) >= 11 is 0. The lowest BCUT2D eigenvalue weighted by Crippen LogP contribution is -2.47. The van der Waals surface area contributed by atoms with E-state index in [0.29, 0.717) is 11.4 Å². The maximum absolute atomic E-state index is 12.3. The number of benzene rings is 1. The number of carbonyl (C=O) groups is 2. The van der Waals surface area contributed by atoms with Crippen molar-refractivity contribution in [3.05, 3.63) is 29.8 Å². The zero-order chi connectivity index (χ0) is 16.7. The van der Waals surface area contributed by atoms with Crippen LogP contribution in [0.1, 0.15) is 19.4 Å². The predicted octanol–water partition coefficient (Wildman–Crippen LogP) is 1.88. The Morgan fingerprint density at radius 2 is 2.00 bits per heavy atom. The molecule has 2 unspecified atom stereocenters. The molecular formula is C15H22N2O4S. The van der Waals surface area contributed by atoms with Crippen molar-refractivity contribution in [2.24, 2.45) is 5.92 Å². The first-order valence-corrected chi connectivity index (χ1v) is 8.60. The fraction of sp³-hybridized carbons (Fsp3) is 0.467. The van der Waals surface area contributed by atoms with Crippen molar-refractivity contribution in [3.63, 3.8) is 0 Å². The number of methoxy groups -OCH3 is 1. The Bertz CT molecular complexity index is 560. The van der Waals surface area contributed by atoms with Crippen LogP contribution in [-0.2, 0) is 26.1 Å². The molecule has 1 rings (SSSR count). The first-order chi connectivity index (χ1) is 10.3. The third kappa shape index (κ3) is 5.85. The number of anilines is 1. The molecule has 0 heterocycles. The van der Waals surface area contributed by atoms with Crippen molar-refractivity contribution >= 4 is 28.5 Å². The van der Waals surface area contributed by atoms with Crippen molar-refractivity contribution in [3.8, 4) is 0 Å². The average molecular weight is 326 g/mol. The first kappa shape index (κ1) is 18.2.